The molecule has 2 aliphatic heterocycles. The molecular weight excluding hydrogens is 352 g/mol. The van der Waals surface area contributed by atoms with Crippen molar-refractivity contribution in [2.75, 3.05) is 4.90 Å². The molecule has 2 aliphatic rings. The molecule has 0 radical (unpaired) electrons. The van der Waals surface area contributed by atoms with Crippen LogP contribution in [0.25, 0.3) is 0 Å². The van der Waals surface area contributed by atoms with E-state index in [1.165, 1.54) is 59.3 Å². The molecule has 2 heteroatoms. The van der Waals surface area contributed by atoms with Crippen molar-refractivity contribution in [1.29, 1.82) is 0 Å². The summed E-state index contributed by atoms with van der Waals surface area (Å²) in [6.07, 6.45) is 15.7. The molecule has 2 aromatic carbocycles. The first-order chi connectivity index (χ1) is 14.0. The lowest BCUT2D eigenvalue weighted by Crippen LogP contribution is -2.32. The topological polar surface area (TPSA) is 6.25 Å². The molecule has 0 aromatic heterocycles. The Morgan fingerprint density at radius 2 is 1.59 bits per heavy atom. The fourth-order valence-corrected chi connectivity index (χ4v) is 4.62. The molecule has 2 aromatic rings. The van der Waals surface area contributed by atoms with Gasteiger partial charge in [0.2, 0.25) is 5.69 Å². The second kappa shape index (κ2) is 8.41. The van der Waals surface area contributed by atoms with Gasteiger partial charge in [-0.1, -0.05) is 35.4 Å². The molecule has 0 spiro atoms. The van der Waals surface area contributed by atoms with Crippen LogP contribution in [0.2, 0.25) is 0 Å². The Morgan fingerprint density at radius 3 is 2.41 bits per heavy atom. The quantitative estimate of drug-likeness (QED) is 0.446. The molecular formula is C27H33N2+. The molecule has 29 heavy (non-hydrogen) atoms. The van der Waals surface area contributed by atoms with Gasteiger partial charge in [0.05, 0.1) is 0 Å². The van der Waals surface area contributed by atoms with Crippen molar-refractivity contribution in [2.24, 2.45) is 0 Å². The van der Waals surface area contributed by atoms with E-state index < -0.39 is 0 Å². The standard InChI is InChI=1S/C27H33N2/c1-20-8-14-26-24(18-20)12-10-22(3)28(26)16-6-5-7-17-29-23(4)11-13-25-19-21(2)9-15-27(25)29/h5-9,14-19,22-23H,10-13H2,1-4H3/q+1/t22-,23-/m1/s1. The summed E-state index contributed by atoms with van der Waals surface area (Å²) >= 11 is 0. The maximum atomic E-state index is 2.42. The summed E-state index contributed by atoms with van der Waals surface area (Å²) in [5.41, 5.74) is 8.36. The third-order valence-electron chi connectivity index (χ3n) is 6.35. The van der Waals surface area contributed by atoms with Crippen molar-refractivity contribution in [3.63, 3.8) is 0 Å². The van der Waals surface area contributed by atoms with E-state index in [1.807, 2.05) is 0 Å². The Labute approximate surface area is 175 Å². The van der Waals surface area contributed by atoms with E-state index in [0.717, 1.165) is 0 Å². The zero-order chi connectivity index (χ0) is 20.4. The molecule has 0 unspecified atom stereocenters. The summed E-state index contributed by atoms with van der Waals surface area (Å²) in [5, 5.41) is 0. The number of allylic oxidation sites excluding steroid dienone is 3. The average molecular weight is 386 g/mol. The smallest absolute Gasteiger partial charge is 0.208 e. The van der Waals surface area contributed by atoms with E-state index in [9.17, 15) is 0 Å². The van der Waals surface area contributed by atoms with Gasteiger partial charge in [0.25, 0.3) is 0 Å². The summed E-state index contributed by atoms with van der Waals surface area (Å²) in [6, 6.07) is 14.7. The lowest BCUT2D eigenvalue weighted by molar-refractivity contribution is -0.481. The summed E-state index contributed by atoms with van der Waals surface area (Å²) in [5.74, 6) is 0. The zero-order valence-corrected chi connectivity index (χ0v) is 18.2. The van der Waals surface area contributed by atoms with Gasteiger partial charge in [-0.3, -0.25) is 0 Å². The number of fused-ring (bicyclic) bond motifs is 2. The van der Waals surface area contributed by atoms with Crippen LogP contribution in [0.1, 0.15) is 48.9 Å². The van der Waals surface area contributed by atoms with Crippen LogP contribution in [0, 0.1) is 13.8 Å². The van der Waals surface area contributed by atoms with Crippen molar-refractivity contribution in [1.82, 2.24) is 0 Å². The van der Waals surface area contributed by atoms with Gasteiger partial charge in [-0.25, -0.2) is 0 Å². The zero-order valence-electron chi connectivity index (χ0n) is 18.2. The molecule has 0 saturated heterocycles. The fraction of sp³-hybridized carbons (Fsp3) is 0.370. The number of anilines is 1. The van der Waals surface area contributed by atoms with Crippen LogP contribution in [-0.4, -0.2) is 22.9 Å². The van der Waals surface area contributed by atoms with Gasteiger partial charge < -0.3 is 4.90 Å². The highest BCUT2D eigenvalue weighted by Crippen LogP contribution is 2.32. The van der Waals surface area contributed by atoms with Gasteiger partial charge in [0.1, 0.15) is 0 Å². The molecule has 2 nitrogen and oxygen atoms in total. The number of hydrogen-bond donors (Lipinski definition) is 0. The van der Waals surface area contributed by atoms with Crippen LogP contribution in [-0.2, 0) is 12.8 Å². The third-order valence-corrected chi connectivity index (χ3v) is 6.35. The normalized spacial score (nSPS) is 23.0. The van der Waals surface area contributed by atoms with Crippen molar-refractivity contribution in [2.45, 2.75) is 65.5 Å². The van der Waals surface area contributed by atoms with E-state index in [1.54, 1.807) is 0 Å². The predicted octanol–water partition coefficient (Wildman–Crippen LogP) is 6.26. The lowest BCUT2D eigenvalue weighted by atomic mass is 9.95. The SMILES string of the molecule is Cc1ccc2c(c1)CC[C@@H](C)N2/C=C/C=C/C=[N+]1c2ccc(C)cc2CC[C@H]1C. The first-order valence-corrected chi connectivity index (χ1v) is 11.0. The van der Waals surface area contributed by atoms with E-state index in [0.29, 0.717) is 12.1 Å². The van der Waals surface area contributed by atoms with Crippen LogP contribution < -0.4 is 4.90 Å². The second-order valence-electron chi connectivity index (χ2n) is 8.73. The molecule has 2 heterocycles. The molecule has 4 rings (SSSR count). The number of benzene rings is 2. The van der Waals surface area contributed by atoms with E-state index in [4.69, 9.17) is 0 Å². The summed E-state index contributed by atoms with van der Waals surface area (Å²) in [7, 11) is 0. The highest BCUT2D eigenvalue weighted by molar-refractivity contribution is 5.69. The maximum Gasteiger partial charge on any atom is 0.208 e. The van der Waals surface area contributed by atoms with E-state index in [-0.39, 0.29) is 0 Å². The maximum absolute atomic E-state index is 2.42. The number of rotatable bonds is 3. The molecule has 0 N–H and O–H groups in total. The predicted molar refractivity (Wildman–Crippen MR) is 125 cm³/mol. The largest absolute Gasteiger partial charge is 0.345 e. The minimum Gasteiger partial charge on any atom is -0.345 e. The van der Waals surface area contributed by atoms with Crippen molar-refractivity contribution in [3.8, 4) is 0 Å². The summed E-state index contributed by atoms with van der Waals surface area (Å²) in [4.78, 5) is 2.42. The first-order valence-electron chi connectivity index (χ1n) is 11.0. The Hall–Kier alpha value is -2.61. The average Bonchev–Trinajstić information content (AvgIpc) is 2.70. The van der Waals surface area contributed by atoms with Gasteiger partial charge in [-0.05, 0) is 70.7 Å². The van der Waals surface area contributed by atoms with Gasteiger partial charge in [-0.2, -0.15) is 4.58 Å². The Bertz CT molecular complexity index is 980. The molecule has 0 amide bonds. The van der Waals surface area contributed by atoms with Gasteiger partial charge >= 0.3 is 0 Å². The van der Waals surface area contributed by atoms with Crippen molar-refractivity contribution < 1.29 is 4.58 Å². The van der Waals surface area contributed by atoms with E-state index in [2.05, 4.69) is 104 Å². The minimum absolute atomic E-state index is 0.538. The second-order valence-corrected chi connectivity index (χ2v) is 8.73. The monoisotopic (exact) mass is 385 g/mol. The Kier molecular flexibility index (Phi) is 5.71. The van der Waals surface area contributed by atoms with Crippen molar-refractivity contribution >= 4 is 17.6 Å². The Balaban J connectivity index is 1.52. The molecule has 150 valence electrons. The number of hydrogen-bond acceptors (Lipinski definition) is 1. The number of nitrogens with zero attached hydrogens (tertiary/aromatic N) is 2. The van der Waals surface area contributed by atoms with Crippen LogP contribution in [0.4, 0.5) is 11.4 Å². The minimum atomic E-state index is 0.538. The van der Waals surface area contributed by atoms with Gasteiger partial charge in [0.15, 0.2) is 12.3 Å². The molecule has 0 saturated carbocycles. The first kappa shape index (κ1) is 19.7. The van der Waals surface area contributed by atoms with Crippen LogP contribution in [0.5, 0.6) is 0 Å². The Morgan fingerprint density at radius 1 is 0.862 bits per heavy atom. The van der Waals surface area contributed by atoms with Crippen molar-refractivity contribution in [3.05, 3.63) is 83.1 Å². The third kappa shape index (κ3) is 4.22. The molecule has 0 aliphatic carbocycles. The fourth-order valence-electron chi connectivity index (χ4n) is 4.62. The molecule has 0 fully saturated rings. The van der Waals surface area contributed by atoms with Crippen LogP contribution in [0.15, 0.2) is 60.8 Å². The van der Waals surface area contributed by atoms with Crippen LogP contribution in [0.3, 0.4) is 0 Å². The summed E-state index contributed by atoms with van der Waals surface area (Å²) < 4.78 is 2.42. The number of aryl methyl sites for hydroxylation is 4. The van der Waals surface area contributed by atoms with Gasteiger partial charge in [0, 0.05) is 42.1 Å². The van der Waals surface area contributed by atoms with E-state index >= 15 is 0 Å². The highest BCUT2D eigenvalue weighted by atomic mass is 15.1. The molecule has 0 bridgehead atoms. The summed E-state index contributed by atoms with van der Waals surface area (Å²) in [6.45, 7) is 8.99. The molecule has 2 atom stereocenters. The lowest BCUT2D eigenvalue weighted by Gasteiger charge is -2.34. The van der Waals surface area contributed by atoms with Gasteiger partial charge in [-0.15, -0.1) is 0 Å². The van der Waals surface area contributed by atoms with Crippen LogP contribution >= 0.6 is 0 Å². The highest BCUT2D eigenvalue weighted by Gasteiger charge is 2.26.